The third-order valence-electron chi connectivity index (χ3n) is 4.04. The van der Waals surface area contributed by atoms with E-state index in [0.29, 0.717) is 0 Å². The lowest BCUT2D eigenvalue weighted by Gasteiger charge is -2.40. The highest BCUT2D eigenvalue weighted by Crippen LogP contribution is 2.34. The number of hydrogen-bond donors (Lipinski definition) is 1. The zero-order valence-corrected chi connectivity index (χ0v) is 9.05. The van der Waals surface area contributed by atoms with Gasteiger partial charge in [0.15, 0.2) is 0 Å². The van der Waals surface area contributed by atoms with Gasteiger partial charge in [0, 0.05) is 6.04 Å². The van der Waals surface area contributed by atoms with Crippen molar-refractivity contribution in [1.29, 1.82) is 0 Å². The predicted molar refractivity (Wildman–Crippen MR) is 56.7 cm³/mol. The summed E-state index contributed by atoms with van der Waals surface area (Å²) in [6, 6.07) is 0.869. The maximum Gasteiger partial charge on any atom is 0.00726 e. The van der Waals surface area contributed by atoms with E-state index < -0.39 is 0 Å². The summed E-state index contributed by atoms with van der Waals surface area (Å²) in [5, 5.41) is 3.71. The first-order chi connectivity index (χ1) is 6.25. The Morgan fingerprint density at radius 3 is 2.38 bits per heavy atom. The molecule has 2 aliphatic carbocycles. The average molecular weight is 181 g/mol. The fourth-order valence-electron chi connectivity index (χ4n) is 2.40. The van der Waals surface area contributed by atoms with Crippen LogP contribution < -0.4 is 5.32 Å². The highest BCUT2D eigenvalue weighted by atomic mass is 14.9. The van der Waals surface area contributed by atoms with Crippen molar-refractivity contribution in [3.8, 4) is 0 Å². The Hall–Kier alpha value is -0.0400. The molecular formula is C12H23N. The van der Waals surface area contributed by atoms with Crippen molar-refractivity contribution in [3.63, 3.8) is 0 Å². The van der Waals surface area contributed by atoms with Crippen LogP contribution in [-0.4, -0.2) is 12.6 Å². The minimum atomic E-state index is 0.869. The van der Waals surface area contributed by atoms with Gasteiger partial charge in [-0.15, -0.1) is 0 Å². The molecule has 0 saturated heterocycles. The molecule has 0 amide bonds. The molecule has 0 spiro atoms. The van der Waals surface area contributed by atoms with Crippen LogP contribution in [0, 0.1) is 17.8 Å². The normalized spacial score (nSPS) is 34.4. The standard InChI is InChI=1S/C12H23N/c1-9(2)11-6-12(7-11)13-8-10-4-3-5-10/h9-13H,3-8H2,1-2H3. The van der Waals surface area contributed by atoms with Crippen LogP contribution in [0.1, 0.15) is 46.0 Å². The Kier molecular flexibility index (Phi) is 2.92. The maximum absolute atomic E-state index is 3.71. The summed E-state index contributed by atoms with van der Waals surface area (Å²) in [6.07, 6.45) is 7.31. The summed E-state index contributed by atoms with van der Waals surface area (Å²) in [5.41, 5.74) is 0. The Labute approximate surface area is 82.3 Å². The third kappa shape index (κ3) is 2.25. The van der Waals surface area contributed by atoms with Crippen molar-refractivity contribution in [3.05, 3.63) is 0 Å². The average Bonchev–Trinajstić information content (AvgIpc) is 1.88. The molecule has 0 radical (unpaired) electrons. The fourth-order valence-corrected chi connectivity index (χ4v) is 2.40. The van der Waals surface area contributed by atoms with Crippen LogP contribution in [0.2, 0.25) is 0 Å². The molecule has 0 bridgehead atoms. The quantitative estimate of drug-likeness (QED) is 0.703. The van der Waals surface area contributed by atoms with Crippen LogP contribution in [-0.2, 0) is 0 Å². The van der Waals surface area contributed by atoms with Gasteiger partial charge in [-0.3, -0.25) is 0 Å². The van der Waals surface area contributed by atoms with Crippen molar-refractivity contribution in [1.82, 2.24) is 5.32 Å². The first kappa shape index (κ1) is 9.51. The van der Waals surface area contributed by atoms with E-state index in [0.717, 1.165) is 23.8 Å². The third-order valence-corrected chi connectivity index (χ3v) is 4.04. The second kappa shape index (κ2) is 4.00. The molecule has 2 rings (SSSR count). The SMILES string of the molecule is CC(C)C1CC(NCC2CCC2)C1. The largest absolute Gasteiger partial charge is 0.314 e. The molecule has 1 N–H and O–H groups in total. The summed E-state index contributed by atoms with van der Waals surface area (Å²) >= 11 is 0. The van der Waals surface area contributed by atoms with Gasteiger partial charge in [0.25, 0.3) is 0 Å². The fraction of sp³-hybridized carbons (Fsp3) is 1.00. The molecule has 0 unspecified atom stereocenters. The molecule has 2 fully saturated rings. The molecule has 0 aromatic heterocycles. The summed E-state index contributed by atoms with van der Waals surface area (Å²) in [6.45, 7) is 6.01. The molecular weight excluding hydrogens is 158 g/mol. The number of hydrogen-bond acceptors (Lipinski definition) is 1. The molecule has 2 aliphatic rings. The van der Waals surface area contributed by atoms with E-state index in [2.05, 4.69) is 19.2 Å². The minimum Gasteiger partial charge on any atom is -0.314 e. The molecule has 13 heavy (non-hydrogen) atoms. The lowest BCUT2D eigenvalue weighted by Crippen LogP contribution is -2.45. The van der Waals surface area contributed by atoms with E-state index in [4.69, 9.17) is 0 Å². The van der Waals surface area contributed by atoms with Crippen molar-refractivity contribution >= 4 is 0 Å². The first-order valence-corrected chi connectivity index (χ1v) is 5.99. The first-order valence-electron chi connectivity index (χ1n) is 5.99. The molecule has 1 nitrogen and oxygen atoms in total. The second-order valence-electron chi connectivity index (χ2n) is 5.38. The molecule has 0 aromatic carbocycles. The molecule has 76 valence electrons. The Balaban J connectivity index is 1.53. The van der Waals surface area contributed by atoms with Gasteiger partial charge in [-0.25, -0.2) is 0 Å². The number of rotatable bonds is 4. The Morgan fingerprint density at radius 2 is 1.92 bits per heavy atom. The number of nitrogens with one attached hydrogen (secondary N) is 1. The van der Waals surface area contributed by atoms with Crippen molar-refractivity contribution in [2.75, 3.05) is 6.54 Å². The second-order valence-corrected chi connectivity index (χ2v) is 5.38. The van der Waals surface area contributed by atoms with Crippen molar-refractivity contribution in [2.45, 2.75) is 52.0 Å². The molecule has 0 aromatic rings. The predicted octanol–water partition coefficient (Wildman–Crippen LogP) is 2.81. The van der Waals surface area contributed by atoms with E-state index in [-0.39, 0.29) is 0 Å². The van der Waals surface area contributed by atoms with E-state index >= 15 is 0 Å². The van der Waals surface area contributed by atoms with Crippen LogP contribution in [0.4, 0.5) is 0 Å². The van der Waals surface area contributed by atoms with Crippen LogP contribution in [0.25, 0.3) is 0 Å². The maximum atomic E-state index is 3.71. The zero-order chi connectivity index (χ0) is 9.26. The van der Waals surface area contributed by atoms with Gasteiger partial charge in [-0.1, -0.05) is 20.3 Å². The molecule has 0 heterocycles. The Morgan fingerprint density at radius 1 is 1.23 bits per heavy atom. The van der Waals surface area contributed by atoms with Crippen LogP contribution >= 0.6 is 0 Å². The van der Waals surface area contributed by atoms with Gasteiger partial charge in [0.1, 0.15) is 0 Å². The van der Waals surface area contributed by atoms with E-state index in [9.17, 15) is 0 Å². The smallest absolute Gasteiger partial charge is 0.00726 e. The molecule has 0 atom stereocenters. The lowest BCUT2D eigenvalue weighted by atomic mass is 9.73. The monoisotopic (exact) mass is 181 g/mol. The summed E-state index contributed by atoms with van der Waals surface area (Å²) in [4.78, 5) is 0. The van der Waals surface area contributed by atoms with Crippen LogP contribution in [0.3, 0.4) is 0 Å². The van der Waals surface area contributed by atoms with Crippen molar-refractivity contribution < 1.29 is 0 Å². The highest BCUT2D eigenvalue weighted by molar-refractivity contribution is 4.87. The summed E-state index contributed by atoms with van der Waals surface area (Å²) in [5.74, 6) is 2.94. The summed E-state index contributed by atoms with van der Waals surface area (Å²) < 4.78 is 0. The molecule has 2 saturated carbocycles. The minimum absolute atomic E-state index is 0.869. The van der Waals surface area contributed by atoms with E-state index in [1.165, 1.54) is 38.6 Å². The van der Waals surface area contributed by atoms with Gasteiger partial charge in [0.05, 0.1) is 0 Å². The van der Waals surface area contributed by atoms with Gasteiger partial charge in [-0.05, 0) is 50.0 Å². The molecule has 0 aliphatic heterocycles. The summed E-state index contributed by atoms with van der Waals surface area (Å²) in [7, 11) is 0. The van der Waals surface area contributed by atoms with Crippen LogP contribution in [0.5, 0.6) is 0 Å². The molecule has 1 heteroatoms. The highest BCUT2D eigenvalue weighted by Gasteiger charge is 2.31. The lowest BCUT2D eigenvalue weighted by molar-refractivity contribution is 0.155. The van der Waals surface area contributed by atoms with E-state index in [1.54, 1.807) is 0 Å². The van der Waals surface area contributed by atoms with Gasteiger partial charge < -0.3 is 5.32 Å². The zero-order valence-electron chi connectivity index (χ0n) is 9.05. The van der Waals surface area contributed by atoms with Crippen molar-refractivity contribution in [2.24, 2.45) is 17.8 Å². The van der Waals surface area contributed by atoms with Gasteiger partial charge >= 0.3 is 0 Å². The topological polar surface area (TPSA) is 12.0 Å². The Bertz CT molecular complexity index is 155. The van der Waals surface area contributed by atoms with Crippen LogP contribution in [0.15, 0.2) is 0 Å². The van der Waals surface area contributed by atoms with Gasteiger partial charge in [-0.2, -0.15) is 0 Å². The van der Waals surface area contributed by atoms with Gasteiger partial charge in [0.2, 0.25) is 0 Å². The van der Waals surface area contributed by atoms with E-state index in [1.807, 2.05) is 0 Å².